The molecule has 11 heteroatoms. The topological polar surface area (TPSA) is 105 Å². The Bertz CT molecular complexity index is 1780. The van der Waals surface area contributed by atoms with Gasteiger partial charge in [-0.3, -0.25) is 4.79 Å². The molecular formula is C27H19Cl2N3O6. The van der Waals surface area contributed by atoms with Gasteiger partial charge in [0.1, 0.15) is 5.58 Å². The van der Waals surface area contributed by atoms with Gasteiger partial charge in [-0.05, 0) is 54.1 Å². The summed E-state index contributed by atoms with van der Waals surface area (Å²) in [6, 6.07) is 17.1. The molecule has 192 valence electrons. The molecule has 2 aromatic heterocycles. The number of hydrogen-bond donors (Lipinski definition) is 0. The Balaban J connectivity index is 1.61. The molecule has 0 atom stereocenters. The lowest BCUT2D eigenvalue weighted by Crippen LogP contribution is -2.20. The summed E-state index contributed by atoms with van der Waals surface area (Å²) in [7, 11) is 2.68. The average Bonchev–Trinajstić information content (AvgIpc) is 3.34. The molecule has 0 fully saturated rings. The molecule has 0 bridgehead atoms. The molecule has 9 nitrogen and oxygen atoms in total. The van der Waals surface area contributed by atoms with Gasteiger partial charge in [0.25, 0.3) is 5.56 Å². The van der Waals surface area contributed by atoms with Crippen LogP contribution in [-0.2, 0) is 9.53 Å². The SMILES string of the molecule is COC(=O)COc1c(Cl)cc(C=Nn2c(-c3cc4cc(Cl)ccc4o3)nc3ccccc3c2=O)cc1OC. The van der Waals surface area contributed by atoms with Crippen molar-refractivity contribution < 1.29 is 23.4 Å². The summed E-state index contributed by atoms with van der Waals surface area (Å²) < 4.78 is 22.5. The zero-order valence-corrected chi connectivity index (χ0v) is 21.6. The van der Waals surface area contributed by atoms with Crippen LogP contribution in [0.15, 0.2) is 75.0 Å². The highest BCUT2D eigenvalue weighted by atomic mass is 35.5. The van der Waals surface area contributed by atoms with Gasteiger partial charge in [-0.15, -0.1) is 0 Å². The van der Waals surface area contributed by atoms with Crippen LogP contribution >= 0.6 is 23.2 Å². The van der Waals surface area contributed by atoms with Crippen molar-refractivity contribution in [2.45, 2.75) is 0 Å². The smallest absolute Gasteiger partial charge is 0.343 e. The number of halogens is 2. The van der Waals surface area contributed by atoms with E-state index in [4.69, 9.17) is 37.1 Å². The van der Waals surface area contributed by atoms with Crippen molar-refractivity contribution in [3.05, 3.63) is 86.6 Å². The lowest BCUT2D eigenvalue weighted by Gasteiger charge is -2.12. The number of esters is 1. The predicted molar refractivity (Wildman–Crippen MR) is 145 cm³/mol. The third-order valence-corrected chi connectivity index (χ3v) is 6.10. The zero-order chi connectivity index (χ0) is 26.8. The minimum absolute atomic E-state index is 0.169. The monoisotopic (exact) mass is 551 g/mol. The molecule has 0 unspecified atom stereocenters. The number of fused-ring (bicyclic) bond motifs is 2. The molecule has 0 saturated heterocycles. The number of furan rings is 1. The molecule has 0 saturated carbocycles. The van der Waals surface area contributed by atoms with Crippen LogP contribution in [0.4, 0.5) is 0 Å². The molecule has 5 aromatic rings. The molecule has 3 aromatic carbocycles. The van der Waals surface area contributed by atoms with Crippen molar-refractivity contribution in [1.82, 2.24) is 9.66 Å². The fourth-order valence-corrected chi connectivity index (χ4v) is 4.24. The normalized spacial score (nSPS) is 11.4. The second-order valence-corrected chi connectivity index (χ2v) is 8.85. The van der Waals surface area contributed by atoms with Gasteiger partial charge >= 0.3 is 5.97 Å². The van der Waals surface area contributed by atoms with Crippen LogP contribution in [0.1, 0.15) is 5.56 Å². The summed E-state index contributed by atoms with van der Waals surface area (Å²) in [6.07, 6.45) is 1.43. The molecule has 0 aliphatic carbocycles. The quantitative estimate of drug-likeness (QED) is 0.192. The van der Waals surface area contributed by atoms with E-state index in [-0.39, 0.29) is 29.0 Å². The molecular weight excluding hydrogens is 533 g/mol. The minimum Gasteiger partial charge on any atom is -0.493 e. The maximum absolute atomic E-state index is 13.5. The summed E-state index contributed by atoms with van der Waals surface area (Å²) in [6.45, 7) is -0.343. The highest BCUT2D eigenvalue weighted by molar-refractivity contribution is 6.32. The van der Waals surface area contributed by atoms with Gasteiger partial charge in [-0.25, -0.2) is 9.78 Å². The van der Waals surface area contributed by atoms with E-state index in [1.165, 1.54) is 20.4 Å². The fraction of sp³-hybridized carbons (Fsp3) is 0.111. The standard InChI is InChI=1S/C27H19Cl2N3O6/c1-35-22-10-15(9-19(29)25(22)37-14-24(33)36-2)13-30-32-26(31-20-6-4-3-5-18(20)27(32)34)23-12-16-11-17(28)7-8-21(16)38-23/h3-13H,14H2,1-2H3. The highest BCUT2D eigenvalue weighted by Crippen LogP contribution is 2.36. The van der Waals surface area contributed by atoms with Gasteiger partial charge in [-0.1, -0.05) is 35.3 Å². The van der Waals surface area contributed by atoms with Crippen LogP contribution in [0.2, 0.25) is 10.0 Å². The van der Waals surface area contributed by atoms with E-state index in [1.54, 1.807) is 60.7 Å². The first-order valence-corrected chi connectivity index (χ1v) is 12.0. The van der Waals surface area contributed by atoms with E-state index in [0.29, 0.717) is 32.8 Å². The number of carbonyl (C=O) groups excluding carboxylic acids is 1. The van der Waals surface area contributed by atoms with E-state index in [2.05, 4.69) is 14.8 Å². The van der Waals surface area contributed by atoms with Gasteiger partial charge < -0.3 is 18.6 Å². The number of para-hydroxylation sites is 1. The Hall–Kier alpha value is -4.34. The Morgan fingerprint density at radius 2 is 1.92 bits per heavy atom. The molecule has 0 amide bonds. The molecule has 0 spiro atoms. The summed E-state index contributed by atoms with van der Waals surface area (Å²) in [5.41, 5.74) is 1.19. The molecule has 38 heavy (non-hydrogen) atoms. The largest absolute Gasteiger partial charge is 0.493 e. The fourth-order valence-electron chi connectivity index (χ4n) is 3.78. The van der Waals surface area contributed by atoms with Crippen molar-refractivity contribution in [3.63, 3.8) is 0 Å². The Kier molecular flexibility index (Phi) is 7.04. The Morgan fingerprint density at radius 3 is 2.71 bits per heavy atom. The number of benzene rings is 3. The molecule has 0 aliphatic heterocycles. The van der Waals surface area contributed by atoms with Crippen molar-refractivity contribution in [2.24, 2.45) is 5.10 Å². The zero-order valence-electron chi connectivity index (χ0n) is 20.1. The third-order valence-electron chi connectivity index (χ3n) is 5.59. The van der Waals surface area contributed by atoms with E-state index in [9.17, 15) is 9.59 Å². The predicted octanol–water partition coefficient (Wildman–Crippen LogP) is 5.56. The number of carbonyl (C=O) groups is 1. The number of nitrogens with zero attached hydrogens (tertiary/aromatic N) is 3. The highest BCUT2D eigenvalue weighted by Gasteiger charge is 2.17. The summed E-state index contributed by atoms with van der Waals surface area (Å²) in [4.78, 5) is 29.6. The van der Waals surface area contributed by atoms with Gasteiger partial charge in [0, 0.05) is 10.4 Å². The average molecular weight is 552 g/mol. The first kappa shape index (κ1) is 25.3. The molecule has 0 aliphatic rings. The lowest BCUT2D eigenvalue weighted by atomic mass is 10.2. The van der Waals surface area contributed by atoms with E-state index in [0.717, 1.165) is 10.1 Å². The van der Waals surface area contributed by atoms with Crippen LogP contribution < -0.4 is 15.0 Å². The second kappa shape index (κ2) is 10.6. The molecule has 2 heterocycles. The van der Waals surface area contributed by atoms with Crippen LogP contribution in [0, 0.1) is 0 Å². The number of ether oxygens (including phenoxy) is 3. The Labute approximate surface area is 225 Å². The summed E-state index contributed by atoms with van der Waals surface area (Å²) in [5.74, 6) is 0.402. The van der Waals surface area contributed by atoms with E-state index in [1.807, 2.05) is 0 Å². The maximum Gasteiger partial charge on any atom is 0.343 e. The van der Waals surface area contributed by atoms with Crippen LogP contribution in [0.5, 0.6) is 11.5 Å². The summed E-state index contributed by atoms with van der Waals surface area (Å²) in [5, 5.41) is 6.29. The second-order valence-electron chi connectivity index (χ2n) is 8.01. The number of hydrogen-bond acceptors (Lipinski definition) is 8. The van der Waals surface area contributed by atoms with Crippen molar-refractivity contribution in [3.8, 4) is 23.1 Å². The van der Waals surface area contributed by atoms with Crippen LogP contribution in [-0.4, -0.2) is 42.7 Å². The van der Waals surface area contributed by atoms with Gasteiger partial charge in [-0.2, -0.15) is 9.78 Å². The summed E-state index contributed by atoms with van der Waals surface area (Å²) >= 11 is 12.5. The van der Waals surface area contributed by atoms with Crippen LogP contribution in [0.25, 0.3) is 33.5 Å². The van der Waals surface area contributed by atoms with Gasteiger partial charge in [0.15, 0.2) is 23.9 Å². The number of methoxy groups -OCH3 is 2. The van der Waals surface area contributed by atoms with Crippen LogP contribution in [0.3, 0.4) is 0 Å². The van der Waals surface area contributed by atoms with Crippen molar-refractivity contribution >= 4 is 57.3 Å². The first-order valence-electron chi connectivity index (χ1n) is 11.2. The first-order chi connectivity index (χ1) is 18.4. The molecule has 5 rings (SSSR count). The number of aromatic nitrogens is 2. The Morgan fingerprint density at radius 1 is 1.11 bits per heavy atom. The maximum atomic E-state index is 13.5. The van der Waals surface area contributed by atoms with Crippen molar-refractivity contribution in [1.29, 1.82) is 0 Å². The van der Waals surface area contributed by atoms with E-state index < -0.39 is 11.5 Å². The van der Waals surface area contributed by atoms with Gasteiger partial charge in [0.2, 0.25) is 5.82 Å². The lowest BCUT2D eigenvalue weighted by molar-refractivity contribution is -0.142. The van der Waals surface area contributed by atoms with Gasteiger partial charge in [0.05, 0.1) is 36.4 Å². The van der Waals surface area contributed by atoms with E-state index >= 15 is 0 Å². The molecule has 0 N–H and O–H groups in total. The molecule has 0 radical (unpaired) electrons. The number of rotatable bonds is 7. The third kappa shape index (κ3) is 4.93. The minimum atomic E-state index is -0.572. The van der Waals surface area contributed by atoms with Crippen molar-refractivity contribution in [2.75, 3.05) is 20.8 Å².